The maximum Gasteiger partial charge on any atom is 0.0980 e. The molecule has 0 saturated carbocycles. The van der Waals surface area contributed by atoms with Gasteiger partial charge < -0.3 is 5.32 Å². The zero-order valence-electron chi connectivity index (χ0n) is 12.1. The minimum absolute atomic E-state index is 0.697. The van der Waals surface area contributed by atoms with Crippen molar-refractivity contribution in [1.82, 2.24) is 0 Å². The lowest BCUT2D eigenvalue weighted by Gasteiger charge is -2.12. The highest BCUT2D eigenvalue weighted by atomic mass is 79.9. The Kier molecular flexibility index (Phi) is 4.96. The molecule has 0 heterocycles. The van der Waals surface area contributed by atoms with Gasteiger partial charge in [-0.25, -0.2) is 0 Å². The molecule has 0 aliphatic rings. The normalized spacial score (nSPS) is 11.5. The second-order valence-electron chi connectivity index (χ2n) is 4.95. The smallest absolute Gasteiger partial charge is 0.0980 e. The summed E-state index contributed by atoms with van der Waals surface area (Å²) < 4.78 is 1.07. The van der Waals surface area contributed by atoms with E-state index in [-0.39, 0.29) is 0 Å². The van der Waals surface area contributed by atoms with Crippen LogP contribution in [0.4, 0.5) is 5.69 Å². The monoisotopic (exact) mass is 330 g/mol. The minimum atomic E-state index is 0.697. The summed E-state index contributed by atoms with van der Waals surface area (Å²) in [7, 11) is 0. The number of nitrogens with zero attached hydrogens (tertiary/aromatic N) is 1. The third-order valence-corrected chi connectivity index (χ3v) is 3.70. The van der Waals surface area contributed by atoms with Gasteiger partial charge in [-0.1, -0.05) is 36.4 Å². The standard InChI is InChI=1S/C17H19BrN2/c1-12-9-13(2)17(16(18)10-12)20-14(3)19-11-15-7-5-4-6-8-15/h4-10H,11H2,1-3H3,(H,19,20). The highest BCUT2D eigenvalue weighted by molar-refractivity contribution is 9.10. The Hall–Kier alpha value is -1.61. The van der Waals surface area contributed by atoms with Crippen LogP contribution in [0, 0.1) is 13.8 Å². The Bertz CT molecular complexity index is 595. The van der Waals surface area contributed by atoms with E-state index in [1.54, 1.807) is 0 Å². The van der Waals surface area contributed by atoms with E-state index in [1.165, 1.54) is 16.7 Å². The molecule has 2 aromatic carbocycles. The molecule has 0 spiro atoms. The van der Waals surface area contributed by atoms with Gasteiger partial charge in [0, 0.05) is 4.47 Å². The van der Waals surface area contributed by atoms with E-state index in [0.29, 0.717) is 6.54 Å². The third-order valence-electron chi connectivity index (χ3n) is 3.08. The van der Waals surface area contributed by atoms with Crippen LogP contribution in [0.15, 0.2) is 51.9 Å². The highest BCUT2D eigenvalue weighted by Crippen LogP contribution is 2.27. The van der Waals surface area contributed by atoms with Gasteiger partial charge in [-0.3, -0.25) is 4.99 Å². The lowest BCUT2D eigenvalue weighted by Crippen LogP contribution is -2.09. The van der Waals surface area contributed by atoms with Gasteiger partial charge in [-0.05, 0) is 59.5 Å². The molecule has 20 heavy (non-hydrogen) atoms. The summed E-state index contributed by atoms with van der Waals surface area (Å²) in [5.74, 6) is 0.918. The molecule has 2 nitrogen and oxygen atoms in total. The number of rotatable bonds is 3. The predicted molar refractivity (Wildman–Crippen MR) is 90.5 cm³/mol. The van der Waals surface area contributed by atoms with Crippen LogP contribution >= 0.6 is 15.9 Å². The van der Waals surface area contributed by atoms with E-state index in [1.807, 2.05) is 25.1 Å². The van der Waals surface area contributed by atoms with Gasteiger partial charge in [0.15, 0.2) is 0 Å². The van der Waals surface area contributed by atoms with E-state index in [0.717, 1.165) is 16.0 Å². The quantitative estimate of drug-likeness (QED) is 0.614. The highest BCUT2D eigenvalue weighted by Gasteiger charge is 2.05. The fraction of sp³-hybridized carbons (Fsp3) is 0.235. The molecule has 0 aromatic heterocycles. The molecule has 0 bridgehead atoms. The van der Waals surface area contributed by atoms with Crippen molar-refractivity contribution < 1.29 is 0 Å². The molecule has 0 radical (unpaired) electrons. The Labute approximate surface area is 129 Å². The molecule has 0 fully saturated rings. The number of benzene rings is 2. The molecular weight excluding hydrogens is 312 g/mol. The molecule has 0 unspecified atom stereocenters. The molecular formula is C17H19BrN2. The van der Waals surface area contributed by atoms with Crippen molar-refractivity contribution in [3.8, 4) is 0 Å². The largest absolute Gasteiger partial charge is 0.343 e. The van der Waals surface area contributed by atoms with Gasteiger partial charge in [-0.2, -0.15) is 0 Å². The van der Waals surface area contributed by atoms with Crippen molar-refractivity contribution in [3.05, 3.63) is 63.6 Å². The molecule has 0 atom stereocenters. The Morgan fingerprint density at radius 1 is 1.15 bits per heavy atom. The van der Waals surface area contributed by atoms with Crippen molar-refractivity contribution in [2.45, 2.75) is 27.3 Å². The molecule has 104 valence electrons. The van der Waals surface area contributed by atoms with Crippen molar-refractivity contribution in [1.29, 1.82) is 0 Å². The van der Waals surface area contributed by atoms with E-state index < -0.39 is 0 Å². The van der Waals surface area contributed by atoms with Crippen LogP contribution in [0.5, 0.6) is 0 Å². The van der Waals surface area contributed by atoms with Crippen molar-refractivity contribution in [3.63, 3.8) is 0 Å². The first-order chi connectivity index (χ1) is 9.56. The molecule has 2 rings (SSSR count). The second kappa shape index (κ2) is 6.71. The van der Waals surface area contributed by atoms with Crippen molar-refractivity contribution in [2.24, 2.45) is 4.99 Å². The van der Waals surface area contributed by atoms with Crippen LogP contribution < -0.4 is 5.32 Å². The van der Waals surface area contributed by atoms with E-state index >= 15 is 0 Å². The summed E-state index contributed by atoms with van der Waals surface area (Å²) in [5.41, 5.74) is 4.77. The number of aliphatic imine (C=N–C) groups is 1. The minimum Gasteiger partial charge on any atom is -0.343 e. The van der Waals surface area contributed by atoms with Crippen molar-refractivity contribution in [2.75, 3.05) is 5.32 Å². The molecule has 2 aromatic rings. The van der Waals surface area contributed by atoms with Crippen LogP contribution in [0.3, 0.4) is 0 Å². The Morgan fingerprint density at radius 3 is 2.50 bits per heavy atom. The average Bonchev–Trinajstić information content (AvgIpc) is 2.42. The van der Waals surface area contributed by atoms with E-state index in [2.05, 4.69) is 64.4 Å². The maximum atomic E-state index is 4.58. The number of anilines is 1. The fourth-order valence-electron chi connectivity index (χ4n) is 2.09. The first-order valence-corrected chi connectivity index (χ1v) is 7.44. The summed E-state index contributed by atoms with van der Waals surface area (Å²) in [4.78, 5) is 4.58. The molecule has 0 aliphatic carbocycles. The first kappa shape index (κ1) is 14.8. The van der Waals surface area contributed by atoms with Crippen LogP contribution in [0.25, 0.3) is 0 Å². The van der Waals surface area contributed by atoms with E-state index in [4.69, 9.17) is 0 Å². The number of nitrogens with one attached hydrogen (secondary N) is 1. The summed E-state index contributed by atoms with van der Waals surface area (Å²) in [6, 6.07) is 14.5. The number of hydrogen-bond acceptors (Lipinski definition) is 1. The number of hydrogen-bond donors (Lipinski definition) is 1. The maximum absolute atomic E-state index is 4.58. The molecule has 3 heteroatoms. The van der Waals surface area contributed by atoms with E-state index in [9.17, 15) is 0 Å². The summed E-state index contributed by atoms with van der Waals surface area (Å²) >= 11 is 3.60. The first-order valence-electron chi connectivity index (χ1n) is 6.65. The molecule has 0 saturated heterocycles. The predicted octanol–water partition coefficient (Wildman–Crippen LogP) is 5.10. The van der Waals surface area contributed by atoms with Gasteiger partial charge in [0.05, 0.1) is 18.1 Å². The molecule has 0 aliphatic heterocycles. The average molecular weight is 331 g/mol. The zero-order chi connectivity index (χ0) is 14.5. The van der Waals surface area contributed by atoms with Gasteiger partial charge in [-0.15, -0.1) is 0 Å². The van der Waals surface area contributed by atoms with Gasteiger partial charge in [0.2, 0.25) is 0 Å². The molecule has 0 amide bonds. The second-order valence-corrected chi connectivity index (χ2v) is 5.81. The lowest BCUT2D eigenvalue weighted by atomic mass is 10.1. The lowest BCUT2D eigenvalue weighted by molar-refractivity contribution is 1.06. The fourth-order valence-corrected chi connectivity index (χ4v) is 2.86. The van der Waals surface area contributed by atoms with Crippen LogP contribution in [0.1, 0.15) is 23.6 Å². The zero-order valence-corrected chi connectivity index (χ0v) is 13.7. The van der Waals surface area contributed by atoms with Crippen LogP contribution in [0.2, 0.25) is 0 Å². The van der Waals surface area contributed by atoms with Crippen LogP contribution in [-0.2, 0) is 6.54 Å². The van der Waals surface area contributed by atoms with Gasteiger partial charge >= 0.3 is 0 Å². The number of amidine groups is 1. The van der Waals surface area contributed by atoms with Crippen molar-refractivity contribution >= 4 is 27.5 Å². The van der Waals surface area contributed by atoms with Gasteiger partial charge in [0.25, 0.3) is 0 Å². The number of halogens is 1. The SMILES string of the molecule is CC(=NCc1ccccc1)Nc1c(C)cc(C)cc1Br. The summed E-state index contributed by atoms with van der Waals surface area (Å²) in [5, 5.41) is 3.38. The Morgan fingerprint density at radius 2 is 1.85 bits per heavy atom. The molecule has 1 N–H and O–H groups in total. The summed E-state index contributed by atoms with van der Waals surface area (Å²) in [6.45, 7) is 6.89. The topological polar surface area (TPSA) is 24.4 Å². The van der Waals surface area contributed by atoms with Gasteiger partial charge in [0.1, 0.15) is 0 Å². The Balaban J connectivity index is 2.10. The van der Waals surface area contributed by atoms with Crippen LogP contribution in [-0.4, -0.2) is 5.84 Å². The summed E-state index contributed by atoms with van der Waals surface area (Å²) in [6.07, 6.45) is 0. The number of aryl methyl sites for hydroxylation is 2. The third kappa shape index (κ3) is 3.94.